The first kappa shape index (κ1) is 19.6. The maximum absolute atomic E-state index is 12.5. The number of hydrogen-bond acceptors (Lipinski definition) is 4. The highest BCUT2D eigenvalue weighted by Crippen LogP contribution is 2.26. The SMILES string of the molecule is CON1CCC(CC(C#N)CC(=O)Cc2c(C)cc(C)cc2C)CC1. The van der Waals surface area contributed by atoms with E-state index in [2.05, 4.69) is 39.0 Å². The normalized spacial score (nSPS) is 17.2. The van der Waals surface area contributed by atoms with E-state index in [9.17, 15) is 10.1 Å². The van der Waals surface area contributed by atoms with Crippen molar-refractivity contribution in [1.82, 2.24) is 5.06 Å². The summed E-state index contributed by atoms with van der Waals surface area (Å²) in [5, 5.41) is 11.4. The highest BCUT2D eigenvalue weighted by Gasteiger charge is 2.24. The summed E-state index contributed by atoms with van der Waals surface area (Å²) in [6.07, 6.45) is 3.71. The fourth-order valence-corrected chi connectivity index (χ4v) is 3.94. The van der Waals surface area contributed by atoms with Gasteiger partial charge in [0.15, 0.2) is 0 Å². The zero-order chi connectivity index (χ0) is 18.4. The van der Waals surface area contributed by atoms with Crippen LogP contribution in [-0.4, -0.2) is 31.0 Å². The molecule has 1 aromatic carbocycles. The van der Waals surface area contributed by atoms with Crippen molar-refractivity contribution < 1.29 is 9.63 Å². The van der Waals surface area contributed by atoms with Gasteiger partial charge in [-0.3, -0.25) is 4.79 Å². The van der Waals surface area contributed by atoms with E-state index in [0.29, 0.717) is 18.8 Å². The Labute approximate surface area is 151 Å². The van der Waals surface area contributed by atoms with Gasteiger partial charge in [-0.25, -0.2) is 0 Å². The van der Waals surface area contributed by atoms with Crippen LogP contribution >= 0.6 is 0 Å². The Morgan fingerprint density at radius 1 is 1.28 bits per heavy atom. The molecule has 1 heterocycles. The number of benzene rings is 1. The average molecular weight is 342 g/mol. The zero-order valence-electron chi connectivity index (χ0n) is 16.0. The smallest absolute Gasteiger partial charge is 0.138 e. The largest absolute Gasteiger partial charge is 0.302 e. The molecule has 1 atom stereocenters. The first-order valence-corrected chi connectivity index (χ1v) is 9.20. The van der Waals surface area contributed by atoms with Gasteiger partial charge in [0.25, 0.3) is 0 Å². The summed E-state index contributed by atoms with van der Waals surface area (Å²) in [4.78, 5) is 17.8. The summed E-state index contributed by atoms with van der Waals surface area (Å²) in [5.41, 5.74) is 4.70. The summed E-state index contributed by atoms with van der Waals surface area (Å²) in [6.45, 7) is 8.03. The van der Waals surface area contributed by atoms with Crippen molar-refractivity contribution >= 4 is 5.78 Å². The first-order chi connectivity index (χ1) is 11.9. The third-order valence-corrected chi connectivity index (χ3v) is 5.32. The molecular weight excluding hydrogens is 312 g/mol. The second kappa shape index (κ2) is 9.12. The zero-order valence-corrected chi connectivity index (χ0v) is 16.0. The fraction of sp³-hybridized carbons (Fsp3) is 0.619. The summed E-state index contributed by atoms with van der Waals surface area (Å²) in [6, 6.07) is 6.62. The predicted octanol–water partition coefficient (Wildman–Crippen LogP) is 3.92. The first-order valence-electron chi connectivity index (χ1n) is 9.20. The maximum Gasteiger partial charge on any atom is 0.138 e. The molecule has 1 fully saturated rings. The van der Waals surface area contributed by atoms with Gasteiger partial charge in [-0.15, -0.1) is 0 Å². The molecule has 136 valence electrons. The third-order valence-electron chi connectivity index (χ3n) is 5.32. The van der Waals surface area contributed by atoms with E-state index in [0.717, 1.165) is 37.9 Å². The number of carbonyl (C=O) groups is 1. The molecule has 0 radical (unpaired) electrons. The molecule has 4 nitrogen and oxygen atoms in total. The summed E-state index contributed by atoms with van der Waals surface area (Å²) >= 11 is 0. The Hall–Kier alpha value is -1.70. The summed E-state index contributed by atoms with van der Waals surface area (Å²) in [7, 11) is 1.70. The van der Waals surface area contributed by atoms with Crippen LogP contribution in [0.3, 0.4) is 0 Å². The minimum atomic E-state index is -0.169. The number of hydroxylamine groups is 2. The quantitative estimate of drug-likeness (QED) is 0.754. The van der Waals surface area contributed by atoms with Gasteiger partial charge < -0.3 is 4.84 Å². The lowest BCUT2D eigenvalue weighted by Gasteiger charge is -2.30. The van der Waals surface area contributed by atoms with Crippen LogP contribution in [-0.2, 0) is 16.1 Å². The highest BCUT2D eigenvalue weighted by molar-refractivity contribution is 5.82. The molecule has 4 heteroatoms. The number of carbonyl (C=O) groups excluding carboxylic acids is 1. The van der Waals surface area contributed by atoms with E-state index in [-0.39, 0.29) is 11.7 Å². The van der Waals surface area contributed by atoms with Crippen LogP contribution in [0.5, 0.6) is 0 Å². The van der Waals surface area contributed by atoms with Gasteiger partial charge in [0.05, 0.1) is 19.1 Å². The Kier molecular flexibility index (Phi) is 7.16. The van der Waals surface area contributed by atoms with Crippen LogP contribution in [0, 0.1) is 43.9 Å². The Morgan fingerprint density at radius 3 is 2.40 bits per heavy atom. The number of aryl methyl sites for hydroxylation is 3. The van der Waals surface area contributed by atoms with Gasteiger partial charge in [-0.05, 0) is 62.6 Å². The Bertz CT molecular complexity index is 617. The van der Waals surface area contributed by atoms with Crippen molar-refractivity contribution in [3.8, 4) is 6.07 Å². The Morgan fingerprint density at radius 2 is 1.88 bits per heavy atom. The van der Waals surface area contributed by atoms with Crippen molar-refractivity contribution in [1.29, 1.82) is 5.26 Å². The molecule has 0 spiro atoms. The molecular formula is C21H30N2O2. The van der Waals surface area contributed by atoms with Crippen LogP contribution in [0.4, 0.5) is 0 Å². The molecule has 0 N–H and O–H groups in total. The molecule has 1 aromatic rings. The van der Waals surface area contributed by atoms with Crippen LogP contribution in [0.15, 0.2) is 12.1 Å². The van der Waals surface area contributed by atoms with Crippen LogP contribution in [0.25, 0.3) is 0 Å². The van der Waals surface area contributed by atoms with Crippen LogP contribution in [0.1, 0.15) is 47.9 Å². The van der Waals surface area contributed by atoms with E-state index in [1.807, 2.05) is 5.06 Å². The van der Waals surface area contributed by atoms with E-state index in [1.54, 1.807) is 7.11 Å². The van der Waals surface area contributed by atoms with Crippen molar-refractivity contribution in [3.63, 3.8) is 0 Å². The van der Waals surface area contributed by atoms with Gasteiger partial charge in [-0.2, -0.15) is 10.3 Å². The average Bonchev–Trinajstić information content (AvgIpc) is 2.58. The van der Waals surface area contributed by atoms with Gasteiger partial charge in [-0.1, -0.05) is 17.7 Å². The van der Waals surface area contributed by atoms with Crippen LogP contribution in [0.2, 0.25) is 0 Å². The molecule has 0 saturated carbocycles. The number of rotatable bonds is 7. The number of nitriles is 1. The molecule has 25 heavy (non-hydrogen) atoms. The summed E-state index contributed by atoms with van der Waals surface area (Å²) < 4.78 is 0. The lowest BCUT2D eigenvalue weighted by Crippen LogP contribution is -2.33. The monoisotopic (exact) mass is 342 g/mol. The van der Waals surface area contributed by atoms with Crippen molar-refractivity contribution in [2.45, 2.75) is 52.9 Å². The molecule has 2 rings (SSSR count). The van der Waals surface area contributed by atoms with Gasteiger partial charge >= 0.3 is 0 Å². The fourth-order valence-electron chi connectivity index (χ4n) is 3.94. The van der Waals surface area contributed by atoms with Gasteiger partial charge in [0.1, 0.15) is 5.78 Å². The van der Waals surface area contributed by atoms with Crippen molar-refractivity contribution in [3.05, 3.63) is 34.4 Å². The number of nitrogens with zero attached hydrogens (tertiary/aromatic N) is 2. The van der Waals surface area contributed by atoms with E-state index >= 15 is 0 Å². The maximum atomic E-state index is 12.5. The predicted molar refractivity (Wildman–Crippen MR) is 99.0 cm³/mol. The second-order valence-corrected chi connectivity index (χ2v) is 7.41. The lowest BCUT2D eigenvalue weighted by atomic mass is 9.85. The molecule has 1 unspecified atom stereocenters. The van der Waals surface area contributed by atoms with Gasteiger partial charge in [0, 0.05) is 25.9 Å². The third kappa shape index (κ3) is 5.66. The highest BCUT2D eigenvalue weighted by atomic mass is 16.7. The van der Waals surface area contributed by atoms with Gasteiger partial charge in [0.2, 0.25) is 0 Å². The van der Waals surface area contributed by atoms with E-state index in [4.69, 9.17) is 4.84 Å². The molecule has 0 aliphatic carbocycles. The number of piperidine rings is 1. The standard InChI is InChI=1S/C21H30N2O2/c1-15-9-16(2)21(17(3)10-15)13-20(24)12-19(14-22)11-18-5-7-23(25-4)8-6-18/h9-10,18-19H,5-8,11-13H2,1-4H3. The van der Waals surface area contributed by atoms with Crippen LogP contribution < -0.4 is 0 Å². The molecule has 1 aliphatic rings. The topological polar surface area (TPSA) is 53.3 Å². The second-order valence-electron chi connectivity index (χ2n) is 7.41. The Balaban J connectivity index is 1.89. The molecule has 1 saturated heterocycles. The van der Waals surface area contributed by atoms with E-state index < -0.39 is 0 Å². The van der Waals surface area contributed by atoms with E-state index in [1.165, 1.54) is 16.7 Å². The summed E-state index contributed by atoms with van der Waals surface area (Å²) in [5.74, 6) is 0.528. The van der Waals surface area contributed by atoms with Crippen molar-refractivity contribution in [2.24, 2.45) is 11.8 Å². The van der Waals surface area contributed by atoms with Crippen molar-refractivity contribution in [2.75, 3.05) is 20.2 Å². The lowest BCUT2D eigenvalue weighted by molar-refractivity contribution is -0.148. The minimum Gasteiger partial charge on any atom is -0.302 e. The molecule has 0 bridgehead atoms. The molecule has 0 amide bonds. The molecule has 1 aliphatic heterocycles. The number of Topliss-reactive ketones (excluding diaryl/α,β-unsaturated/α-hetero) is 1. The number of hydrogen-bond donors (Lipinski definition) is 0. The number of ketones is 1. The minimum absolute atomic E-state index is 0.169. The molecule has 0 aromatic heterocycles.